The molecule has 0 saturated carbocycles. The number of fused-ring (bicyclic) bond motifs is 1. The van der Waals surface area contributed by atoms with E-state index in [0.29, 0.717) is 10.9 Å². The van der Waals surface area contributed by atoms with Crippen LogP contribution in [0.15, 0.2) is 41.4 Å². The number of amidine groups is 1. The smallest absolute Gasteiger partial charge is 0.280 e. The summed E-state index contributed by atoms with van der Waals surface area (Å²) in [5.41, 5.74) is 2.57. The molecule has 0 bridgehead atoms. The standard InChI is InChI=1S/C19H20N6OS/c1-4-15-11-27-19(21-14-8-6-5-7-9-14)24(15)17(26)16-22-18-20-12(2)10-13(3)25(18)23-16/h5-10,15H,4,11H2,1-3H3/t15-/m0/s1. The lowest BCUT2D eigenvalue weighted by Gasteiger charge is -2.21. The third-order valence-corrected chi connectivity index (χ3v) is 5.55. The number of thioether (sulfide) groups is 1. The zero-order valence-corrected chi connectivity index (χ0v) is 16.3. The Kier molecular flexibility index (Phi) is 4.65. The molecule has 0 aliphatic carbocycles. The van der Waals surface area contributed by atoms with Gasteiger partial charge in [-0.15, -0.1) is 5.10 Å². The molecule has 4 rings (SSSR count). The fraction of sp³-hybridized carbons (Fsp3) is 0.316. The Labute approximate surface area is 161 Å². The van der Waals surface area contributed by atoms with Gasteiger partial charge in [0.1, 0.15) is 0 Å². The van der Waals surface area contributed by atoms with Gasteiger partial charge in [0.05, 0.1) is 5.69 Å². The largest absolute Gasteiger partial charge is 0.299 e. The molecule has 2 aromatic heterocycles. The van der Waals surface area contributed by atoms with Gasteiger partial charge in [0.2, 0.25) is 5.82 Å². The predicted octanol–water partition coefficient (Wildman–Crippen LogP) is 3.40. The summed E-state index contributed by atoms with van der Waals surface area (Å²) in [5, 5.41) is 5.09. The Morgan fingerprint density at radius 2 is 2.04 bits per heavy atom. The van der Waals surface area contributed by atoms with Crippen LogP contribution in [0.25, 0.3) is 5.78 Å². The average molecular weight is 380 g/mol. The van der Waals surface area contributed by atoms with Gasteiger partial charge >= 0.3 is 0 Å². The van der Waals surface area contributed by atoms with Crippen molar-refractivity contribution in [3.63, 3.8) is 0 Å². The van der Waals surface area contributed by atoms with E-state index in [1.54, 1.807) is 21.2 Å². The molecule has 1 amide bonds. The Balaban J connectivity index is 1.73. The first-order chi connectivity index (χ1) is 13.1. The lowest BCUT2D eigenvalue weighted by atomic mass is 10.2. The molecular formula is C19H20N6OS. The Morgan fingerprint density at radius 1 is 1.26 bits per heavy atom. The molecule has 8 heteroatoms. The van der Waals surface area contributed by atoms with Gasteiger partial charge in [-0.1, -0.05) is 36.9 Å². The number of hydrogen-bond acceptors (Lipinski definition) is 6. The summed E-state index contributed by atoms with van der Waals surface area (Å²) in [6.07, 6.45) is 0.844. The molecule has 1 saturated heterocycles. The molecule has 1 aliphatic heterocycles. The number of nitrogens with zero attached hydrogens (tertiary/aromatic N) is 6. The quantitative estimate of drug-likeness (QED) is 0.696. The average Bonchev–Trinajstić information content (AvgIpc) is 3.26. The van der Waals surface area contributed by atoms with Crippen molar-refractivity contribution in [2.45, 2.75) is 33.2 Å². The van der Waals surface area contributed by atoms with E-state index in [0.717, 1.165) is 29.2 Å². The van der Waals surface area contributed by atoms with Crippen LogP contribution in [0.2, 0.25) is 0 Å². The van der Waals surface area contributed by atoms with Crippen LogP contribution in [-0.2, 0) is 0 Å². The minimum atomic E-state index is -0.232. The SMILES string of the molecule is CC[C@H]1CSC(=Nc2ccccc2)N1C(=O)c1nc2nc(C)cc(C)n2n1. The van der Waals surface area contributed by atoms with Crippen molar-refractivity contribution in [3.8, 4) is 0 Å². The van der Waals surface area contributed by atoms with Crippen LogP contribution >= 0.6 is 11.8 Å². The monoisotopic (exact) mass is 380 g/mol. The Morgan fingerprint density at radius 3 is 2.78 bits per heavy atom. The van der Waals surface area contributed by atoms with Crippen molar-refractivity contribution in [3.05, 3.63) is 53.6 Å². The number of hydrogen-bond donors (Lipinski definition) is 0. The van der Waals surface area contributed by atoms with E-state index >= 15 is 0 Å². The Bertz CT molecular complexity index is 1030. The molecule has 1 atom stereocenters. The second-order valence-corrected chi connectivity index (χ2v) is 7.45. The summed E-state index contributed by atoms with van der Waals surface area (Å²) >= 11 is 1.59. The van der Waals surface area contributed by atoms with Crippen molar-refractivity contribution in [1.82, 2.24) is 24.5 Å². The summed E-state index contributed by atoms with van der Waals surface area (Å²) in [6.45, 7) is 5.90. The first-order valence-electron chi connectivity index (χ1n) is 8.88. The summed E-state index contributed by atoms with van der Waals surface area (Å²) < 4.78 is 1.61. The molecule has 1 aliphatic rings. The van der Waals surface area contributed by atoms with Crippen molar-refractivity contribution in [2.75, 3.05) is 5.75 Å². The molecule has 0 unspecified atom stereocenters. The summed E-state index contributed by atoms with van der Waals surface area (Å²) in [6, 6.07) is 11.7. The maximum atomic E-state index is 13.2. The van der Waals surface area contributed by atoms with Gasteiger partial charge in [0.15, 0.2) is 5.17 Å². The number of benzene rings is 1. The van der Waals surface area contributed by atoms with Gasteiger partial charge in [-0.2, -0.15) is 4.98 Å². The predicted molar refractivity (Wildman–Crippen MR) is 106 cm³/mol. The third kappa shape index (κ3) is 3.32. The van der Waals surface area contributed by atoms with E-state index in [1.165, 1.54) is 0 Å². The molecule has 0 N–H and O–H groups in total. The van der Waals surface area contributed by atoms with Crippen molar-refractivity contribution >= 4 is 34.3 Å². The van der Waals surface area contributed by atoms with Crippen molar-refractivity contribution < 1.29 is 4.79 Å². The number of para-hydroxylation sites is 1. The van der Waals surface area contributed by atoms with E-state index in [-0.39, 0.29) is 17.8 Å². The fourth-order valence-corrected chi connectivity index (χ4v) is 4.36. The molecule has 1 fully saturated rings. The molecule has 138 valence electrons. The van der Waals surface area contributed by atoms with Crippen LogP contribution < -0.4 is 0 Å². The van der Waals surface area contributed by atoms with Crippen LogP contribution in [0.3, 0.4) is 0 Å². The van der Waals surface area contributed by atoms with Gasteiger partial charge in [-0.3, -0.25) is 9.69 Å². The van der Waals surface area contributed by atoms with Gasteiger partial charge in [-0.25, -0.2) is 14.5 Å². The highest BCUT2D eigenvalue weighted by Crippen LogP contribution is 2.29. The van der Waals surface area contributed by atoms with Gasteiger partial charge in [-0.05, 0) is 38.5 Å². The molecule has 3 aromatic rings. The summed E-state index contributed by atoms with van der Waals surface area (Å²) in [7, 11) is 0. The lowest BCUT2D eigenvalue weighted by molar-refractivity contribution is 0.0808. The second-order valence-electron chi connectivity index (χ2n) is 6.46. The van der Waals surface area contributed by atoms with E-state index in [1.807, 2.05) is 50.2 Å². The number of amides is 1. The third-order valence-electron chi connectivity index (χ3n) is 4.46. The topological polar surface area (TPSA) is 75.8 Å². The summed E-state index contributed by atoms with van der Waals surface area (Å²) in [4.78, 5) is 28.4. The van der Waals surface area contributed by atoms with Crippen LogP contribution in [0.5, 0.6) is 0 Å². The number of aromatic nitrogens is 4. The second kappa shape index (κ2) is 7.11. The van der Waals surface area contributed by atoms with E-state index in [2.05, 4.69) is 27.0 Å². The number of aryl methyl sites for hydroxylation is 2. The molecule has 0 spiro atoms. The van der Waals surface area contributed by atoms with Gasteiger partial charge in [0.25, 0.3) is 11.7 Å². The highest BCUT2D eigenvalue weighted by molar-refractivity contribution is 8.14. The molecule has 0 radical (unpaired) electrons. The molecule has 1 aromatic carbocycles. The van der Waals surface area contributed by atoms with E-state index in [4.69, 9.17) is 0 Å². The van der Waals surface area contributed by atoms with Crippen LogP contribution in [-0.4, -0.2) is 47.4 Å². The van der Waals surface area contributed by atoms with Crippen molar-refractivity contribution in [1.29, 1.82) is 0 Å². The van der Waals surface area contributed by atoms with E-state index in [9.17, 15) is 4.79 Å². The molecular weight excluding hydrogens is 360 g/mol. The highest BCUT2D eigenvalue weighted by atomic mass is 32.2. The van der Waals surface area contributed by atoms with Crippen LogP contribution in [0, 0.1) is 13.8 Å². The zero-order valence-electron chi connectivity index (χ0n) is 15.5. The first kappa shape index (κ1) is 17.7. The maximum Gasteiger partial charge on any atom is 0.299 e. The number of carbonyl (C=O) groups excluding carboxylic acids is 1. The van der Waals surface area contributed by atoms with E-state index < -0.39 is 0 Å². The number of rotatable bonds is 3. The van der Waals surface area contributed by atoms with Crippen molar-refractivity contribution in [2.24, 2.45) is 4.99 Å². The summed E-state index contributed by atoms with van der Waals surface area (Å²) in [5.74, 6) is 1.18. The molecule has 7 nitrogen and oxygen atoms in total. The zero-order chi connectivity index (χ0) is 19.0. The van der Waals surface area contributed by atoms with Gasteiger partial charge < -0.3 is 0 Å². The molecule has 3 heterocycles. The van der Waals surface area contributed by atoms with Gasteiger partial charge in [0, 0.05) is 23.2 Å². The normalized spacial score (nSPS) is 18.6. The molecule has 27 heavy (non-hydrogen) atoms. The fourth-order valence-electron chi connectivity index (χ4n) is 3.09. The van der Waals surface area contributed by atoms with Crippen LogP contribution in [0.1, 0.15) is 35.4 Å². The maximum absolute atomic E-state index is 13.2. The van der Waals surface area contributed by atoms with Crippen LogP contribution in [0.4, 0.5) is 5.69 Å². The minimum Gasteiger partial charge on any atom is -0.280 e. The number of aliphatic imine (C=N–C) groups is 1. The number of carbonyl (C=O) groups is 1. The Hall–Kier alpha value is -2.74. The lowest BCUT2D eigenvalue weighted by Crippen LogP contribution is -2.39. The first-order valence-corrected chi connectivity index (χ1v) is 9.86. The minimum absolute atomic E-state index is 0.0763. The highest BCUT2D eigenvalue weighted by Gasteiger charge is 2.36.